The Labute approximate surface area is 109 Å². The van der Waals surface area contributed by atoms with E-state index in [4.69, 9.17) is 0 Å². The summed E-state index contributed by atoms with van der Waals surface area (Å²) in [7, 11) is 3.67. The van der Waals surface area contributed by atoms with Crippen molar-refractivity contribution >= 4 is 6.41 Å². The summed E-state index contributed by atoms with van der Waals surface area (Å²) in [5.41, 5.74) is 0.704. The predicted octanol–water partition coefficient (Wildman–Crippen LogP) is 1.93. The molecule has 0 aliphatic rings. The Kier molecular flexibility index (Phi) is 5.17. The molecule has 4 nitrogen and oxygen atoms in total. The Hall–Kier alpha value is -1.76. The Morgan fingerprint density at radius 2 is 1.89 bits per heavy atom. The van der Waals surface area contributed by atoms with Crippen LogP contribution >= 0.6 is 0 Å². The van der Waals surface area contributed by atoms with Crippen LogP contribution in [0.5, 0.6) is 5.75 Å². The minimum Gasteiger partial charge on any atom is -0.406 e. The third-order valence-electron chi connectivity index (χ3n) is 2.33. The summed E-state index contributed by atoms with van der Waals surface area (Å²) >= 11 is 0. The number of ether oxygens (including phenoxy) is 1. The van der Waals surface area contributed by atoms with Crippen molar-refractivity contribution in [1.82, 2.24) is 10.2 Å². The van der Waals surface area contributed by atoms with Crippen molar-refractivity contribution in [2.24, 2.45) is 0 Å². The van der Waals surface area contributed by atoms with Crippen LogP contribution in [-0.4, -0.2) is 38.3 Å². The molecule has 0 radical (unpaired) electrons. The van der Waals surface area contributed by atoms with Crippen LogP contribution in [0.1, 0.15) is 11.6 Å². The van der Waals surface area contributed by atoms with Gasteiger partial charge in [-0.25, -0.2) is 0 Å². The van der Waals surface area contributed by atoms with E-state index in [2.05, 4.69) is 10.1 Å². The number of benzene rings is 1. The van der Waals surface area contributed by atoms with Gasteiger partial charge in [0, 0.05) is 6.54 Å². The molecule has 1 aromatic carbocycles. The minimum atomic E-state index is -4.70. The number of amides is 1. The molecule has 1 aromatic rings. The van der Waals surface area contributed by atoms with Gasteiger partial charge < -0.3 is 15.0 Å². The lowest BCUT2D eigenvalue weighted by atomic mass is 10.1. The quantitative estimate of drug-likeness (QED) is 0.807. The largest absolute Gasteiger partial charge is 0.573 e. The number of halogens is 3. The normalized spacial score (nSPS) is 13.2. The van der Waals surface area contributed by atoms with Crippen LogP contribution in [0.15, 0.2) is 24.3 Å². The molecule has 0 fully saturated rings. The van der Waals surface area contributed by atoms with E-state index in [1.807, 2.05) is 19.0 Å². The highest BCUT2D eigenvalue weighted by Gasteiger charge is 2.31. The van der Waals surface area contributed by atoms with E-state index in [1.165, 1.54) is 24.3 Å². The number of alkyl halides is 3. The third-order valence-corrected chi connectivity index (χ3v) is 2.33. The number of hydrogen-bond donors (Lipinski definition) is 1. The number of rotatable bonds is 6. The summed E-state index contributed by atoms with van der Waals surface area (Å²) in [5.74, 6) is -0.286. The van der Waals surface area contributed by atoms with Gasteiger partial charge >= 0.3 is 6.36 Å². The first-order valence-corrected chi connectivity index (χ1v) is 5.52. The Morgan fingerprint density at radius 3 is 2.32 bits per heavy atom. The highest BCUT2D eigenvalue weighted by molar-refractivity contribution is 5.48. The number of hydrogen-bond acceptors (Lipinski definition) is 3. The van der Waals surface area contributed by atoms with Crippen LogP contribution in [0.25, 0.3) is 0 Å². The van der Waals surface area contributed by atoms with E-state index in [0.29, 0.717) is 18.5 Å². The van der Waals surface area contributed by atoms with E-state index in [0.717, 1.165) is 0 Å². The second-order valence-corrected chi connectivity index (χ2v) is 4.22. The van der Waals surface area contributed by atoms with Crippen molar-refractivity contribution in [3.8, 4) is 5.75 Å². The predicted molar refractivity (Wildman–Crippen MR) is 63.6 cm³/mol. The molecule has 0 aliphatic carbocycles. The van der Waals surface area contributed by atoms with Crippen LogP contribution in [0.3, 0.4) is 0 Å². The molecule has 1 rings (SSSR count). The SMILES string of the molecule is CN(C)CC(NC=O)c1ccc(OC(F)(F)F)cc1. The second-order valence-electron chi connectivity index (χ2n) is 4.22. The van der Waals surface area contributed by atoms with Gasteiger partial charge in [-0.15, -0.1) is 13.2 Å². The highest BCUT2D eigenvalue weighted by Crippen LogP contribution is 2.24. The maximum atomic E-state index is 12.0. The number of likely N-dealkylation sites (N-methyl/N-ethyl adjacent to an activating group) is 1. The Bertz CT molecular complexity index is 404. The van der Waals surface area contributed by atoms with Crippen molar-refractivity contribution in [3.63, 3.8) is 0 Å². The first kappa shape index (κ1) is 15.3. The molecule has 106 valence electrons. The molecule has 0 aliphatic heterocycles. The van der Waals surface area contributed by atoms with E-state index >= 15 is 0 Å². The molecule has 0 heterocycles. The van der Waals surface area contributed by atoms with E-state index in [1.54, 1.807) is 0 Å². The number of carbonyl (C=O) groups is 1. The van der Waals surface area contributed by atoms with Gasteiger partial charge in [-0.05, 0) is 31.8 Å². The zero-order chi connectivity index (χ0) is 14.5. The summed E-state index contributed by atoms with van der Waals surface area (Å²) in [5, 5.41) is 2.61. The van der Waals surface area contributed by atoms with Crippen LogP contribution in [0, 0.1) is 0 Å². The monoisotopic (exact) mass is 276 g/mol. The highest BCUT2D eigenvalue weighted by atomic mass is 19.4. The molecule has 0 spiro atoms. The number of nitrogens with zero attached hydrogens (tertiary/aromatic N) is 1. The third kappa shape index (κ3) is 5.60. The summed E-state index contributed by atoms with van der Waals surface area (Å²) in [6.45, 7) is 0.540. The van der Waals surface area contributed by atoms with E-state index in [9.17, 15) is 18.0 Å². The maximum Gasteiger partial charge on any atom is 0.573 e. The Balaban J connectivity index is 2.79. The molecular weight excluding hydrogens is 261 g/mol. The smallest absolute Gasteiger partial charge is 0.406 e. The number of nitrogens with one attached hydrogen (secondary N) is 1. The van der Waals surface area contributed by atoms with Gasteiger partial charge in [0.2, 0.25) is 6.41 Å². The topological polar surface area (TPSA) is 41.6 Å². The first-order valence-electron chi connectivity index (χ1n) is 5.52. The van der Waals surface area contributed by atoms with Gasteiger partial charge in [0.15, 0.2) is 0 Å². The van der Waals surface area contributed by atoms with E-state index < -0.39 is 6.36 Å². The van der Waals surface area contributed by atoms with Crippen molar-refractivity contribution in [2.75, 3.05) is 20.6 Å². The van der Waals surface area contributed by atoms with Crippen LogP contribution in [-0.2, 0) is 4.79 Å². The fourth-order valence-electron chi connectivity index (χ4n) is 1.60. The van der Waals surface area contributed by atoms with Crippen LogP contribution < -0.4 is 10.1 Å². The molecule has 1 atom stereocenters. The lowest BCUT2D eigenvalue weighted by molar-refractivity contribution is -0.274. The second kappa shape index (κ2) is 6.42. The van der Waals surface area contributed by atoms with Crippen molar-refractivity contribution < 1.29 is 22.7 Å². The van der Waals surface area contributed by atoms with Gasteiger partial charge in [0.05, 0.1) is 6.04 Å². The molecule has 1 N–H and O–H groups in total. The molecule has 0 saturated heterocycles. The molecular formula is C12H15F3N2O2. The van der Waals surface area contributed by atoms with Gasteiger partial charge in [0.1, 0.15) is 5.75 Å². The van der Waals surface area contributed by atoms with Gasteiger partial charge in [-0.1, -0.05) is 12.1 Å². The van der Waals surface area contributed by atoms with E-state index in [-0.39, 0.29) is 11.8 Å². The van der Waals surface area contributed by atoms with Gasteiger partial charge in [-0.3, -0.25) is 4.79 Å². The standard InChI is InChI=1S/C12H15F3N2O2/c1-17(2)7-11(16-8-18)9-3-5-10(6-4-9)19-12(13,14)15/h3-6,8,11H,7H2,1-2H3,(H,16,18). The Morgan fingerprint density at radius 1 is 1.32 bits per heavy atom. The van der Waals surface area contributed by atoms with Crippen molar-refractivity contribution in [1.29, 1.82) is 0 Å². The van der Waals surface area contributed by atoms with Crippen LogP contribution in [0.2, 0.25) is 0 Å². The molecule has 0 saturated carbocycles. The summed E-state index contributed by atoms with van der Waals surface area (Å²) in [6.07, 6.45) is -4.14. The molecule has 1 amide bonds. The summed E-state index contributed by atoms with van der Waals surface area (Å²) in [6, 6.07) is 5.14. The molecule has 7 heteroatoms. The first-order chi connectivity index (χ1) is 8.81. The molecule has 1 unspecified atom stereocenters. The molecule has 19 heavy (non-hydrogen) atoms. The van der Waals surface area contributed by atoms with Gasteiger partial charge in [-0.2, -0.15) is 0 Å². The van der Waals surface area contributed by atoms with Crippen LogP contribution in [0.4, 0.5) is 13.2 Å². The molecule has 0 bridgehead atoms. The lowest BCUT2D eigenvalue weighted by Crippen LogP contribution is -2.30. The summed E-state index contributed by atoms with van der Waals surface area (Å²) in [4.78, 5) is 12.4. The van der Waals surface area contributed by atoms with Crippen molar-refractivity contribution in [2.45, 2.75) is 12.4 Å². The average Bonchev–Trinajstić information content (AvgIpc) is 2.27. The maximum absolute atomic E-state index is 12.0. The van der Waals surface area contributed by atoms with Crippen molar-refractivity contribution in [3.05, 3.63) is 29.8 Å². The zero-order valence-electron chi connectivity index (χ0n) is 10.6. The molecule has 0 aromatic heterocycles. The fraction of sp³-hybridized carbons (Fsp3) is 0.417. The fourth-order valence-corrected chi connectivity index (χ4v) is 1.60. The van der Waals surface area contributed by atoms with Gasteiger partial charge in [0.25, 0.3) is 0 Å². The zero-order valence-corrected chi connectivity index (χ0v) is 10.6. The average molecular weight is 276 g/mol. The minimum absolute atomic E-state index is 0.285. The number of carbonyl (C=O) groups excluding carboxylic acids is 1. The lowest BCUT2D eigenvalue weighted by Gasteiger charge is -2.21. The summed E-state index contributed by atoms with van der Waals surface area (Å²) < 4.78 is 39.8.